The van der Waals surface area contributed by atoms with Gasteiger partial charge in [0.1, 0.15) is 17.0 Å². The fraction of sp³-hybridized carbons (Fsp3) is 0.138. The van der Waals surface area contributed by atoms with Gasteiger partial charge in [-0.1, -0.05) is 50.2 Å². The van der Waals surface area contributed by atoms with E-state index in [4.69, 9.17) is 9.40 Å². The molecule has 4 aromatic carbocycles. The summed E-state index contributed by atoms with van der Waals surface area (Å²) < 4.78 is 20.3. The Morgan fingerprint density at radius 2 is 1.66 bits per heavy atom. The summed E-state index contributed by atoms with van der Waals surface area (Å²) in [5, 5.41) is 6.18. The molecule has 0 saturated carbocycles. The minimum Gasteiger partial charge on any atom is -0.456 e. The first-order chi connectivity index (χ1) is 15.6. The summed E-state index contributed by atoms with van der Waals surface area (Å²) >= 11 is 0. The molecule has 0 aliphatic carbocycles. The van der Waals surface area contributed by atoms with Crippen molar-refractivity contribution in [2.24, 2.45) is 5.92 Å². The molecule has 0 saturated heterocycles. The lowest BCUT2D eigenvalue weighted by Gasteiger charge is -2.12. The topological polar surface area (TPSA) is 26.0 Å². The second-order valence-corrected chi connectivity index (χ2v) is 8.89. The van der Waals surface area contributed by atoms with Gasteiger partial charge in [0, 0.05) is 27.9 Å². The van der Waals surface area contributed by atoms with Crippen LogP contribution in [0.2, 0.25) is 0 Å². The number of para-hydroxylation sites is 1. The summed E-state index contributed by atoms with van der Waals surface area (Å²) in [5.74, 6) is 0.267. The monoisotopic (exact) mass is 419 g/mol. The highest BCUT2D eigenvalue weighted by Gasteiger charge is 2.16. The number of nitrogens with zero attached hydrogens (tertiary/aromatic N) is 1. The van der Waals surface area contributed by atoms with Crippen LogP contribution in [0.1, 0.15) is 19.4 Å². The molecule has 0 aliphatic rings. The Morgan fingerprint density at radius 3 is 2.53 bits per heavy atom. The van der Waals surface area contributed by atoms with Gasteiger partial charge in [0.15, 0.2) is 0 Å². The van der Waals surface area contributed by atoms with Gasteiger partial charge in [0.2, 0.25) is 0 Å². The Hall–Kier alpha value is -3.72. The lowest BCUT2D eigenvalue weighted by atomic mass is 9.94. The summed E-state index contributed by atoms with van der Waals surface area (Å²) in [6, 6.07) is 23.6. The van der Waals surface area contributed by atoms with Gasteiger partial charge in [-0.15, -0.1) is 0 Å². The van der Waals surface area contributed by atoms with Crippen LogP contribution in [0.3, 0.4) is 0 Å². The third-order valence-corrected chi connectivity index (χ3v) is 6.18. The molecule has 0 atom stereocenters. The van der Waals surface area contributed by atoms with Crippen molar-refractivity contribution in [1.82, 2.24) is 4.98 Å². The van der Waals surface area contributed by atoms with Crippen LogP contribution in [0.25, 0.3) is 54.7 Å². The normalized spacial score (nSPS) is 12.0. The minimum atomic E-state index is -0.228. The van der Waals surface area contributed by atoms with Crippen molar-refractivity contribution in [1.29, 1.82) is 0 Å². The molecule has 0 fully saturated rings. The second-order valence-electron chi connectivity index (χ2n) is 8.89. The molecule has 6 aromatic rings. The van der Waals surface area contributed by atoms with Gasteiger partial charge >= 0.3 is 0 Å². The van der Waals surface area contributed by atoms with E-state index in [1.165, 1.54) is 11.6 Å². The number of hydrogen-bond donors (Lipinski definition) is 0. The molecule has 0 aliphatic heterocycles. The molecule has 0 spiro atoms. The van der Waals surface area contributed by atoms with E-state index in [9.17, 15) is 4.39 Å². The first kappa shape index (κ1) is 19.0. The lowest BCUT2D eigenvalue weighted by molar-refractivity contribution is 0.624. The van der Waals surface area contributed by atoms with E-state index >= 15 is 0 Å². The summed E-state index contributed by atoms with van der Waals surface area (Å²) in [7, 11) is 0. The largest absolute Gasteiger partial charge is 0.456 e. The van der Waals surface area contributed by atoms with Crippen LogP contribution in [0.5, 0.6) is 0 Å². The number of pyridine rings is 1. The number of rotatable bonds is 3. The number of hydrogen-bond acceptors (Lipinski definition) is 2. The zero-order valence-electron chi connectivity index (χ0n) is 18.0. The van der Waals surface area contributed by atoms with Crippen LogP contribution in [-0.2, 0) is 6.42 Å². The number of aromatic nitrogens is 1. The molecule has 0 amide bonds. The van der Waals surface area contributed by atoms with Crippen LogP contribution < -0.4 is 0 Å². The number of fused-ring (bicyclic) bond motifs is 6. The van der Waals surface area contributed by atoms with Gasteiger partial charge in [0.05, 0.1) is 5.69 Å². The molecule has 0 N–H and O–H groups in total. The van der Waals surface area contributed by atoms with Gasteiger partial charge < -0.3 is 4.42 Å². The van der Waals surface area contributed by atoms with E-state index in [1.54, 1.807) is 6.07 Å². The molecule has 3 heteroatoms. The quantitative estimate of drug-likeness (QED) is 0.270. The third kappa shape index (κ3) is 2.96. The van der Waals surface area contributed by atoms with Gasteiger partial charge in [-0.05, 0) is 70.5 Å². The summed E-state index contributed by atoms with van der Waals surface area (Å²) in [6.45, 7) is 4.44. The minimum absolute atomic E-state index is 0.228. The number of halogens is 1. The first-order valence-corrected chi connectivity index (χ1v) is 11.0. The van der Waals surface area contributed by atoms with E-state index in [0.717, 1.165) is 61.2 Å². The van der Waals surface area contributed by atoms with E-state index in [1.807, 2.05) is 42.6 Å². The van der Waals surface area contributed by atoms with E-state index < -0.39 is 0 Å². The molecule has 156 valence electrons. The number of benzene rings is 4. The highest BCUT2D eigenvalue weighted by atomic mass is 19.1. The van der Waals surface area contributed by atoms with Gasteiger partial charge in [0.25, 0.3) is 0 Å². The number of furan rings is 1. The Balaban J connectivity index is 1.68. The maximum atomic E-state index is 14.0. The molecule has 0 radical (unpaired) electrons. The highest BCUT2D eigenvalue weighted by molar-refractivity contribution is 6.13. The van der Waals surface area contributed by atoms with Crippen LogP contribution in [0.4, 0.5) is 4.39 Å². The van der Waals surface area contributed by atoms with Gasteiger partial charge in [-0.3, -0.25) is 4.98 Å². The fourth-order valence-electron chi connectivity index (χ4n) is 4.81. The molecule has 0 unspecified atom stereocenters. The molecule has 2 aromatic heterocycles. The molecular weight excluding hydrogens is 397 g/mol. The Morgan fingerprint density at radius 1 is 0.812 bits per heavy atom. The Labute approximate surface area is 185 Å². The molecule has 0 bridgehead atoms. The van der Waals surface area contributed by atoms with E-state index in [2.05, 4.69) is 38.1 Å². The zero-order chi connectivity index (χ0) is 21.8. The van der Waals surface area contributed by atoms with E-state index in [-0.39, 0.29) is 5.82 Å². The van der Waals surface area contributed by atoms with Gasteiger partial charge in [-0.25, -0.2) is 4.39 Å². The van der Waals surface area contributed by atoms with Crippen molar-refractivity contribution >= 4 is 43.5 Å². The lowest BCUT2D eigenvalue weighted by Crippen LogP contribution is -1.96. The molecular formula is C29H22FNO. The predicted molar refractivity (Wildman–Crippen MR) is 130 cm³/mol. The fourth-order valence-corrected chi connectivity index (χ4v) is 4.81. The zero-order valence-corrected chi connectivity index (χ0v) is 18.0. The smallest absolute Gasteiger partial charge is 0.138 e. The molecule has 6 rings (SSSR count). The third-order valence-electron chi connectivity index (χ3n) is 6.18. The summed E-state index contributed by atoms with van der Waals surface area (Å²) in [5.41, 5.74) is 5.01. The molecule has 2 nitrogen and oxygen atoms in total. The van der Waals surface area contributed by atoms with Crippen molar-refractivity contribution < 1.29 is 8.81 Å². The Kier molecular flexibility index (Phi) is 4.25. The van der Waals surface area contributed by atoms with Crippen molar-refractivity contribution in [3.8, 4) is 11.3 Å². The van der Waals surface area contributed by atoms with Crippen molar-refractivity contribution in [2.45, 2.75) is 20.3 Å². The molecule has 32 heavy (non-hydrogen) atoms. The second kappa shape index (κ2) is 7.16. The van der Waals surface area contributed by atoms with E-state index in [0.29, 0.717) is 5.92 Å². The SMILES string of the molecule is CC(C)Cc1cc(-c2nccc3c2ccc2ccc(F)cc23)cc2c1oc1ccccc12. The first-order valence-electron chi connectivity index (χ1n) is 11.0. The standard InChI is InChI=1S/C29H22FNO/c1-17(2)13-20-14-19(15-26-23-5-3-4-6-27(23)32-29(20)26)28-24-10-8-18-7-9-21(30)16-25(18)22(24)11-12-31-28/h3-12,14-17H,13H2,1-2H3. The van der Waals surface area contributed by atoms with Gasteiger partial charge in [-0.2, -0.15) is 0 Å². The summed E-state index contributed by atoms with van der Waals surface area (Å²) in [4.78, 5) is 4.77. The van der Waals surface area contributed by atoms with Crippen LogP contribution in [0.15, 0.2) is 83.4 Å². The maximum Gasteiger partial charge on any atom is 0.138 e. The van der Waals surface area contributed by atoms with Crippen LogP contribution >= 0.6 is 0 Å². The van der Waals surface area contributed by atoms with Crippen molar-refractivity contribution in [2.75, 3.05) is 0 Å². The van der Waals surface area contributed by atoms with Crippen molar-refractivity contribution in [3.63, 3.8) is 0 Å². The average Bonchev–Trinajstić information content (AvgIpc) is 3.17. The molecule has 2 heterocycles. The average molecular weight is 419 g/mol. The maximum absolute atomic E-state index is 14.0. The van der Waals surface area contributed by atoms with Crippen LogP contribution in [-0.4, -0.2) is 4.98 Å². The Bertz CT molecular complexity index is 1640. The van der Waals surface area contributed by atoms with Crippen LogP contribution in [0, 0.1) is 11.7 Å². The highest BCUT2D eigenvalue weighted by Crippen LogP contribution is 2.38. The van der Waals surface area contributed by atoms with Crippen molar-refractivity contribution in [3.05, 3.63) is 90.4 Å². The summed E-state index contributed by atoms with van der Waals surface area (Å²) in [6.07, 6.45) is 2.74. The predicted octanol–water partition coefficient (Wildman–Crippen LogP) is 8.29.